The van der Waals surface area contributed by atoms with E-state index in [1.54, 1.807) is 0 Å². The van der Waals surface area contributed by atoms with Gasteiger partial charge >= 0.3 is 0 Å². The highest BCUT2D eigenvalue weighted by Gasteiger charge is 2.47. The summed E-state index contributed by atoms with van der Waals surface area (Å²) in [4.78, 5) is 2.33. The van der Waals surface area contributed by atoms with Gasteiger partial charge in [-0.15, -0.1) is 0 Å². The molecule has 0 aliphatic carbocycles. The van der Waals surface area contributed by atoms with E-state index in [-0.39, 0.29) is 0 Å². The normalized spacial score (nSPS) is 48.5. The van der Waals surface area contributed by atoms with E-state index >= 15 is 0 Å². The van der Waals surface area contributed by atoms with Gasteiger partial charge in [-0.05, 0) is 25.9 Å². The second-order valence-corrected chi connectivity index (χ2v) is 3.86. The van der Waals surface area contributed by atoms with Crippen molar-refractivity contribution in [1.29, 1.82) is 0 Å². The Hall–Kier alpha value is -0.120. The molecule has 3 N–H and O–H groups in total. The molecule has 0 saturated carbocycles. The molecule has 2 fully saturated rings. The van der Waals surface area contributed by atoms with Crippen molar-refractivity contribution in [3.8, 4) is 0 Å². The molecular weight excluding hydrogens is 140 g/mol. The van der Waals surface area contributed by atoms with Crippen LogP contribution in [0.1, 0.15) is 12.8 Å². The van der Waals surface area contributed by atoms with E-state index < -0.39 is 5.60 Å². The molecule has 64 valence electrons. The van der Waals surface area contributed by atoms with E-state index in [2.05, 4.69) is 4.90 Å². The zero-order valence-corrected chi connectivity index (χ0v) is 6.79. The van der Waals surface area contributed by atoms with Crippen molar-refractivity contribution in [3.05, 3.63) is 0 Å². The highest BCUT2D eigenvalue weighted by Crippen LogP contribution is 2.37. The van der Waals surface area contributed by atoms with Gasteiger partial charge in [-0.1, -0.05) is 0 Å². The van der Waals surface area contributed by atoms with Crippen LogP contribution < -0.4 is 5.73 Å². The van der Waals surface area contributed by atoms with Crippen LogP contribution >= 0.6 is 0 Å². The average Bonchev–Trinajstić information content (AvgIpc) is 2.45. The minimum atomic E-state index is -0.437. The lowest BCUT2D eigenvalue weighted by atomic mass is 9.85. The first-order chi connectivity index (χ1) is 5.24. The van der Waals surface area contributed by atoms with Gasteiger partial charge < -0.3 is 15.7 Å². The predicted octanol–water partition coefficient (Wildman–Crippen LogP) is -0.598. The topological polar surface area (TPSA) is 49.5 Å². The zero-order valence-electron chi connectivity index (χ0n) is 6.79. The fourth-order valence-electron chi connectivity index (χ4n) is 2.46. The summed E-state index contributed by atoms with van der Waals surface area (Å²) in [6.45, 7) is 3.74. The summed E-state index contributed by atoms with van der Waals surface area (Å²) in [5.41, 5.74) is 5.01. The molecule has 11 heavy (non-hydrogen) atoms. The summed E-state index contributed by atoms with van der Waals surface area (Å²) in [7, 11) is 0. The third kappa shape index (κ3) is 1.08. The van der Waals surface area contributed by atoms with Crippen molar-refractivity contribution in [2.75, 3.05) is 26.2 Å². The molecule has 2 aliphatic heterocycles. The molecule has 2 saturated heterocycles. The third-order valence-corrected chi connectivity index (χ3v) is 3.11. The number of nitrogens with zero attached hydrogens (tertiary/aromatic N) is 1. The molecule has 0 aromatic rings. The Kier molecular flexibility index (Phi) is 1.67. The lowest BCUT2D eigenvalue weighted by Crippen LogP contribution is -2.43. The number of fused-ring (bicyclic) bond motifs is 2. The molecule has 0 spiro atoms. The predicted molar refractivity (Wildman–Crippen MR) is 43.2 cm³/mol. The largest absolute Gasteiger partial charge is 0.388 e. The Bertz CT molecular complexity index is 162. The van der Waals surface area contributed by atoms with Crippen molar-refractivity contribution in [2.24, 2.45) is 11.7 Å². The van der Waals surface area contributed by atoms with Crippen molar-refractivity contribution < 1.29 is 5.11 Å². The summed E-state index contributed by atoms with van der Waals surface area (Å²) >= 11 is 0. The molecule has 2 aliphatic rings. The molecule has 3 nitrogen and oxygen atoms in total. The van der Waals surface area contributed by atoms with Crippen molar-refractivity contribution in [2.45, 2.75) is 18.4 Å². The monoisotopic (exact) mass is 156 g/mol. The van der Waals surface area contributed by atoms with Gasteiger partial charge in [0, 0.05) is 19.0 Å². The Balaban J connectivity index is 2.04. The van der Waals surface area contributed by atoms with Crippen molar-refractivity contribution in [1.82, 2.24) is 4.90 Å². The van der Waals surface area contributed by atoms with Gasteiger partial charge in [0.2, 0.25) is 0 Å². The fourth-order valence-corrected chi connectivity index (χ4v) is 2.46. The maximum atomic E-state index is 10.1. The molecule has 2 heterocycles. The van der Waals surface area contributed by atoms with E-state index in [9.17, 15) is 5.11 Å². The first-order valence-electron chi connectivity index (χ1n) is 4.39. The van der Waals surface area contributed by atoms with Crippen molar-refractivity contribution in [3.63, 3.8) is 0 Å². The van der Waals surface area contributed by atoms with Crippen LogP contribution in [-0.2, 0) is 0 Å². The summed E-state index contributed by atoms with van der Waals surface area (Å²) in [6.07, 6.45) is 1.94. The molecule has 0 aromatic heterocycles. The van der Waals surface area contributed by atoms with Crippen LogP contribution in [0, 0.1) is 5.92 Å². The molecule has 0 amide bonds. The van der Waals surface area contributed by atoms with Crippen molar-refractivity contribution >= 4 is 0 Å². The second kappa shape index (κ2) is 2.44. The smallest absolute Gasteiger partial charge is 0.0826 e. The molecular formula is C8H16N2O. The Morgan fingerprint density at radius 1 is 1.64 bits per heavy atom. The molecule has 0 radical (unpaired) electrons. The molecule has 0 aromatic carbocycles. The number of hydrogen-bond acceptors (Lipinski definition) is 3. The van der Waals surface area contributed by atoms with E-state index in [0.717, 1.165) is 25.9 Å². The van der Waals surface area contributed by atoms with Crippen LogP contribution in [0.4, 0.5) is 0 Å². The van der Waals surface area contributed by atoms with Crippen LogP contribution in [0.5, 0.6) is 0 Å². The average molecular weight is 156 g/mol. The number of rotatable bonds is 2. The first-order valence-corrected chi connectivity index (χ1v) is 4.39. The minimum Gasteiger partial charge on any atom is -0.388 e. The Labute approximate surface area is 67.2 Å². The van der Waals surface area contributed by atoms with Crippen LogP contribution in [0.3, 0.4) is 0 Å². The van der Waals surface area contributed by atoms with E-state index in [1.165, 1.54) is 6.54 Å². The van der Waals surface area contributed by atoms with E-state index in [4.69, 9.17) is 5.73 Å². The molecule has 2 bridgehead atoms. The van der Waals surface area contributed by atoms with Gasteiger partial charge in [0.1, 0.15) is 0 Å². The standard InChI is InChI=1S/C8H16N2O/c9-3-2-8(11)6-10-4-1-7(8)5-10/h7,11H,1-6,9H2. The maximum absolute atomic E-state index is 10.1. The zero-order chi connectivity index (χ0) is 7.90. The SMILES string of the molecule is NCCC1(O)CN2CCC1C2. The fraction of sp³-hybridized carbons (Fsp3) is 1.00. The Morgan fingerprint density at radius 3 is 2.91 bits per heavy atom. The lowest BCUT2D eigenvalue weighted by molar-refractivity contribution is -0.0103. The summed E-state index contributed by atoms with van der Waals surface area (Å²) in [5, 5.41) is 10.1. The first kappa shape index (κ1) is 7.53. The van der Waals surface area contributed by atoms with Crippen LogP contribution in [-0.4, -0.2) is 41.8 Å². The lowest BCUT2D eigenvalue weighted by Gasteiger charge is -2.31. The quantitative estimate of drug-likeness (QED) is 0.561. The van der Waals surface area contributed by atoms with E-state index in [1.807, 2.05) is 0 Å². The molecule has 3 heteroatoms. The summed E-state index contributed by atoms with van der Waals surface area (Å²) in [5.74, 6) is 0.506. The van der Waals surface area contributed by atoms with Crippen LogP contribution in [0.25, 0.3) is 0 Å². The molecule has 3 atom stereocenters. The number of piperidine rings is 1. The van der Waals surface area contributed by atoms with Gasteiger partial charge in [0.05, 0.1) is 5.60 Å². The van der Waals surface area contributed by atoms with Gasteiger partial charge in [0.15, 0.2) is 0 Å². The highest BCUT2D eigenvalue weighted by molar-refractivity contribution is 5.01. The van der Waals surface area contributed by atoms with Crippen LogP contribution in [0.2, 0.25) is 0 Å². The molecule has 2 rings (SSSR count). The van der Waals surface area contributed by atoms with Gasteiger partial charge in [-0.2, -0.15) is 0 Å². The molecule has 3 unspecified atom stereocenters. The minimum absolute atomic E-state index is 0.437. The number of aliphatic hydroxyl groups is 1. The van der Waals surface area contributed by atoms with Gasteiger partial charge in [-0.25, -0.2) is 0 Å². The number of nitrogens with two attached hydrogens (primary N) is 1. The second-order valence-electron chi connectivity index (χ2n) is 3.86. The van der Waals surface area contributed by atoms with Gasteiger partial charge in [0.25, 0.3) is 0 Å². The van der Waals surface area contributed by atoms with Crippen LogP contribution in [0.15, 0.2) is 0 Å². The summed E-state index contributed by atoms with van der Waals surface area (Å²) in [6, 6.07) is 0. The van der Waals surface area contributed by atoms with E-state index in [0.29, 0.717) is 12.5 Å². The van der Waals surface area contributed by atoms with Gasteiger partial charge in [-0.3, -0.25) is 0 Å². The third-order valence-electron chi connectivity index (χ3n) is 3.11. The maximum Gasteiger partial charge on any atom is 0.0826 e. The number of hydrogen-bond donors (Lipinski definition) is 2. The Morgan fingerprint density at radius 2 is 2.45 bits per heavy atom. The highest BCUT2D eigenvalue weighted by atomic mass is 16.3. The summed E-state index contributed by atoms with van der Waals surface area (Å²) < 4.78 is 0.